The molecule has 0 saturated carbocycles. The van der Waals surface area contributed by atoms with Gasteiger partial charge >= 0.3 is 0 Å². The van der Waals surface area contributed by atoms with Crippen molar-refractivity contribution in [2.45, 2.75) is 13.3 Å². The Hall–Kier alpha value is -1.48. The molecular weight excluding hydrogens is 214 g/mol. The summed E-state index contributed by atoms with van der Waals surface area (Å²) in [5, 5.41) is 3.17. The van der Waals surface area contributed by atoms with Crippen molar-refractivity contribution >= 4 is 6.08 Å². The van der Waals surface area contributed by atoms with Gasteiger partial charge in [-0.2, -0.15) is 0 Å². The molecule has 94 valence electrons. The highest BCUT2D eigenvalue weighted by atomic mass is 16.5. The number of ether oxygens (including phenoxy) is 2. The molecule has 1 aromatic carbocycles. The Bertz CT molecular complexity index is 386. The van der Waals surface area contributed by atoms with Gasteiger partial charge in [-0.3, -0.25) is 0 Å². The monoisotopic (exact) mass is 235 g/mol. The lowest BCUT2D eigenvalue weighted by Crippen LogP contribution is -2.09. The van der Waals surface area contributed by atoms with Crippen molar-refractivity contribution in [2.24, 2.45) is 0 Å². The lowest BCUT2D eigenvalue weighted by atomic mass is 10.1. The van der Waals surface area contributed by atoms with Crippen LogP contribution in [-0.4, -0.2) is 27.8 Å². The SMILES string of the molecule is CCC(=Cc1ccc(OC)cc1OC)CNC. The topological polar surface area (TPSA) is 30.5 Å². The van der Waals surface area contributed by atoms with Crippen LogP contribution < -0.4 is 14.8 Å². The number of methoxy groups -OCH3 is 2. The van der Waals surface area contributed by atoms with E-state index in [1.54, 1.807) is 14.2 Å². The predicted molar refractivity (Wildman–Crippen MR) is 71.7 cm³/mol. The van der Waals surface area contributed by atoms with Crippen LogP contribution >= 0.6 is 0 Å². The fraction of sp³-hybridized carbons (Fsp3) is 0.429. The predicted octanol–water partition coefficient (Wildman–Crippen LogP) is 2.72. The number of hydrogen-bond donors (Lipinski definition) is 1. The number of nitrogens with one attached hydrogen (secondary N) is 1. The summed E-state index contributed by atoms with van der Waals surface area (Å²) in [5.74, 6) is 1.65. The molecule has 1 aromatic rings. The van der Waals surface area contributed by atoms with Crippen LogP contribution in [0.3, 0.4) is 0 Å². The van der Waals surface area contributed by atoms with E-state index in [0.717, 1.165) is 30.0 Å². The first-order valence-electron chi connectivity index (χ1n) is 5.81. The van der Waals surface area contributed by atoms with Gasteiger partial charge in [0.15, 0.2) is 0 Å². The molecule has 0 saturated heterocycles. The minimum absolute atomic E-state index is 0.811. The van der Waals surface area contributed by atoms with Gasteiger partial charge in [0.2, 0.25) is 0 Å². The largest absolute Gasteiger partial charge is 0.497 e. The van der Waals surface area contributed by atoms with Gasteiger partial charge in [0.25, 0.3) is 0 Å². The molecule has 0 bridgehead atoms. The zero-order valence-electron chi connectivity index (χ0n) is 11.0. The van der Waals surface area contributed by atoms with E-state index in [9.17, 15) is 0 Å². The van der Waals surface area contributed by atoms with E-state index in [0.29, 0.717) is 0 Å². The van der Waals surface area contributed by atoms with E-state index in [1.165, 1.54) is 5.57 Å². The van der Waals surface area contributed by atoms with Gasteiger partial charge in [0.1, 0.15) is 11.5 Å². The zero-order valence-corrected chi connectivity index (χ0v) is 11.0. The molecule has 0 fully saturated rings. The van der Waals surface area contributed by atoms with E-state index in [4.69, 9.17) is 9.47 Å². The van der Waals surface area contributed by atoms with Crippen LogP contribution in [0.2, 0.25) is 0 Å². The van der Waals surface area contributed by atoms with Crippen molar-refractivity contribution < 1.29 is 9.47 Å². The lowest BCUT2D eigenvalue weighted by molar-refractivity contribution is 0.393. The van der Waals surface area contributed by atoms with Gasteiger partial charge in [0, 0.05) is 18.2 Å². The van der Waals surface area contributed by atoms with Crippen LogP contribution in [0.4, 0.5) is 0 Å². The molecule has 0 heterocycles. The van der Waals surface area contributed by atoms with Gasteiger partial charge in [-0.1, -0.05) is 18.6 Å². The maximum absolute atomic E-state index is 5.37. The highest BCUT2D eigenvalue weighted by molar-refractivity contribution is 5.61. The number of likely N-dealkylation sites (N-methyl/N-ethyl adjacent to an activating group) is 1. The normalized spacial score (nSPS) is 11.4. The van der Waals surface area contributed by atoms with Gasteiger partial charge in [-0.25, -0.2) is 0 Å². The highest BCUT2D eigenvalue weighted by Crippen LogP contribution is 2.26. The van der Waals surface area contributed by atoms with Crippen LogP contribution in [0.15, 0.2) is 23.8 Å². The molecule has 0 aliphatic rings. The van der Waals surface area contributed by atoms with Crippen LogP contribution in [0.5, 0.6) is 11.5 Å². The minimum atomic E-state index is 0.811. The third-order valence-electron chi connectivity index (χ3n) is 2.66. The summed E-state index contributed by atoms with van der Waals surface area (Å²) in [5.41, 5.74) is 2.43. The standard InChI is InChI=1S/C14H21NO2/c1-5-11(10-15-2)8-12-6-7-13(16-3)9-14(12)17-4/h6-9,15H,5,10H2,1-4H3. The summed E-state index contributed by atoms with van der Waals surface area (Å²) in [4.78, 5) is 0. The Balaban J connectivity index is 3.04. The van der Waals surface area contributed by atoms with Gasteiger partial charge in [-0.05, 0) is 25.6 Å². The van der Waals surface area contributed by atoms with Crippen LogP contribution in [-0.2, 0) is 0 Å². The van der Waals surface area contributed by atoms with Gasteiger partial charge in [-0.15, -0.1) is 0 Å². The molecule has 0 atom stereocenters. The summed E-state index contributed by atoms with van der Waals surface area (Å²) >= 11 is 0. The molecule has 0 amide bonds. The molecular formula is C14H21NO2. The van der Waals surface area contributed by atoms with Gasteiger partial charge in [0.05, 0.1) is 14.2 Å². The molecule has 1 rings (SSSR count). The molecule has 0 aliphatic carbocycles. The summed E-state index contributed by atoms with van der Waals surface area (Å²) < 4.78 is 10.5. The third-order valence-corrected chi connectivity index (χ3v) is 2.66. The second-order valence-corrected chi connectivity index (χ2v) is 3.79. The Morgan fingerprint density at radius 2 is 2.06 bits per heavy atom. The fourth-order valence-corrected chi connectivity index (χ4v) is 1.66. The highest BCUT2D eigenvalue weighted by Gasteiger charge is 2.03. The summed E-state index contributed by atoms with van der Waals surface area (Å²) in [7, 11) is 5.29. The van der Waals surface area contributed by atoms with E-state index >= 15 is 0 Å². The first kappa shape index (κ1) is 13.6. The Labute approximate surface area is 103 Å². The fourth-order valence-electron chi connectivity index (χ4n) is 1.66. The molecule has 0 unspecified atom stereocenters. The first-order valence-corrected chi connectivity index (χ1v) is 5.81. The van der Waals surface area contributed by atoms with E-state index in [-0.39, 0.29) is 0 Å². The third kappa shape index (κ3) is 3.79. The van der Waals surface area contributed by atoms with Crippen molar-refractivity contribution in [3.8, 4) is 11.5 Å². The first-order chi connectivity index (χ1) is 8.24. The summed E-state index contributed by atoms with van der Waals surface area (Å²) in [6.07, 6.45) is 3.19. The summed E-state index contributed by atoms with van der Waals surface area (Å²) in [6.45, 7) is 3.05. The molecule has 0 aliphatic heterocycles. The maximum Gasteiger partial charge on any atom is 0.129 e. The van der Waals surface area contributed by atoms with Crippen molar-refractivity contribution in [1.82, 2.24) is 5.32 Å². The minimum Gasteiger partial charge on any atom is -0.497 e. The van der Waals surface area contributed by atoms with Gasteiger partial charge < -0.3 is 14.8 Å². The number of benzene rings is 1. The van der Waals surface area contributed by atoms with Crippen LogP contribution in [0.1, 0.15) is 18.9 Å². The summed E-state index contributed by atoms with van der Waals surface area (Å²) in [6, 6.07) is 5.86. The van der Waals surface area contributed by atoms with E-state index < -0.39 is 0 Å². The second kappa shape index (κ2) is 6.97. The Morgan fingerprint density at radius 1 is 1.29 bits per heavy atom. The molecule has 0 radical (unpaired) electrons. The van der Waals surface area contributed by atoms with Crippen LogP contribution in [0, 0.1) is 0 Å². The molecule has 17 heavy (non-hydrogen) atoms. The van der Waals surface area contributed by atoms with Crippen molar-refractivity contribution in [2.75, 3.05) is 27.8 Å². The van der Waals surface area contributed by atoms with Crippen molar-refractivity contribution in [1.29, 1.82) is 0 Å². The molecule has 1 N–H and O–H groups in total. The Kier molecular flexibility index (Phi) is 5.57. The molecule has 3 nitrogen and oxygen atoms in total. The smallest absolute Gasteiger partial charge is 0.129 e. The maximum atomic E-state index is 5.37. The average molecular weight is 235 g/mol. The second-order valence-electron chi connectivity index (χ2n) is 3.79. The van der Waals surface area contributed by atoms with Crippen molar-refractivity contribution in [3.05, 3.63) is 29.3 Å². The average Bonchev–Trinajstić information content (AvgIpc) is 2.38. The van der Waals surface area contributed by atoms with Crippen LogP contribution in [0.25, 0.3) is 6.08 Å². The number of rotatable bonds is 6. The molecule has 3 heteroatoms. The lowest BCUT2D eigenvalue weighted by Gasteiger charge is -2.09. The Morgan fingerprint density at radius 3 is 2.59 bits per heavy atom. The quantitative estimate of drug-likeness (QED) is 0.822. The molecule has 0 aromatic heterocycles. The number of hydrogen-bond acceptors (Lipinski definition) is 3. The van der Waals surface area contributed by atoms with E-state index in [1.807, 2.05) is 25.2 Å². The zero-order chi connectivity index (χ0) is 12.7. The van der Waals surface area contributed by atoms with E-state index in [2.05, 4.69) is 18.3 Å². The molecule has 0 spiro atoms. The van der Waals surface area contributed by atoms with Crippen molar-refractivity contribution in [3.63, 3.8) is 0 Å².